The predicted molar refractivity (Wildman–Crippen MR) is 64.5 cm³/mol. The molecule has 3 aliphatic rings. The molecule has 0 heteroatoms. The van der Waals surface area contributed by atoms with Gasteiger partial charge in [0.05, 0.1) is 0 Å². The van der Waals surface area contributed by atoms with E-state index >= 15 is 0 Å². The van der Waals surface area contributed by atoms with Gasteiger partial charge < -0.3 is 0 Å². The van der Waals surface area contributed by atoms with Crippen molar-refractivity contribution in [2.45, 2.75) is 46.5 Å². The fourth-order valence-corrected chi connectivity index (χ4v) is 5.13. The normalized spacial score (nSPS) is 51.9. The molecule has 0 N–H and O–H groups in total. The summed E-state index contributed by atoms with van der Waals surface area (Å²) in [4.78, 5) is 0. The third kappa shape index (κ3) is 1.20. The van der Waals surface area contributed by atoms with Crippen molar-refractivity contribution in [2.75, 3.05) is 0 Å². The molecule has 15 heavy (non-hydrogen) atoms. The minimum Gasteiger partial charge on any atom is -0.0996 e. The molecule has 3 rings (SSSR count). The summed E-state index contributed by atoms with van der Waals surface area (Å²) < 4.78 is 0. The molecule has 0 bridgehead atoms. The minimum atomic E-state index is 0.646. The van der Waals surface area contributed by atoms with Gasteiger partial charge in [-0.25, -0.2) is 0 Å². The van der Waals surface area contributed by atoms with Gasteiger partial charge in [0.15, 0.2) is 0 Å². The lowest BCUT2D eigenvalue weighted by molar-refractivity contribution is 0.310. The van der Waals surface area contributed by atoms with E-state index in [9.17, 15) is 0 Å². The predicted octanol–water partition coefficient (Wildman–Crippen LogP) is 4.27. The summed E-state index contributed by atoms with van der Waals surface area (Å²) in [5.74, 6) is 4.91. The first-order valence-electron chi connectivity index (χ1n) is 6.71. The van der Waals surface area contributed by atoms with Gasteiger partial charge in [0, 0.05) is 0 Å². The van der Waals surface area contributed by atoms with Gasteiger partial charge in [-0.2, -0.15) is 0 Å². The van der Waals surface area contributed by atoms with Crippen molar-refractivity contribution < 1.29 is 0 Å². The standard InChI is InChI=1S/C15H24/c1-9-5-8-12-11(9)7-6-10(2)13-14(12)15(13,3)4/h10-14H,1,5-8H2,2-4H3/t10-,11+,12-,13-,14-/m0/s1. The maximum Gasteiger partial charge on any atom is -0.0174 e. The van der Waals surface area contributed by atoms with E-state index < -0.39 is 0 Å². The Morgan fingerprint density at radius 1 is 1.13 bits per heavy atom. The van der Waals surface area contributed by atoms with Crippen molar-refractivity contribution in [3.8, 4) is 0 Å². The topological polar surface area (TPSA) is 0 Å². The molecule has 0 amide bonds. The van der Waals surface area contributed by atoms with Crippen molar-refractivity contribution in [1.82, 2.24) is 0 Å². The molecule has 0 spiro atoms. The highest BCUT2D eigenvalue weighted by molar-refractivity contribution is 5.19. The van der Waals surface area contributed by atoms with Gasteiger partial charge in [-0.05, 0) is 60.7 Å². The molecule has 84 valence electrons. The maximum atomic E-state index is 4.31. The van der Waals surface area contributed by atoms with Crippen LogP contribution in [-0.2, 0) is 0 Å². The van der Waals surface area contributed by atoms with E-state index in [-0.39, 0.29) is 0 Å². The minimum absolute atomic E-state index is 0.646. The summed E-state index contributed by atoms with van der Waals surface area (Å²) >= 11 is 0. The smallest absolute Gasteiger partial charge is 0.0174 e. The number of hydrogen-bond donors (Lipinski definition) is 0. The van der Waals surface area contributed by atoms with Crippen LogP contribution in [0.25, 0.3) is 0 Å². The Labute approximate surface area is 94.1 Å². The largest absolute Gasteiger partial charge is 0.0996 e. The van der Waals surface area contributed by atoms with E-state index in [0.717, 1.165) is 29.6 Å². The van der Waals surface area contributed by atoms with Crippen molar-refractivity contribution >= 4 is 0 Å². The zero-order valence-corrected chi connectivity index (χ0v) is 10.4. The van der Waals surface area contributed by atoms with Gasteiger partial charge in [0.2, 0.25) is 0 Å². The van der Waals surface area contributed by atoms with Crippen LogP contribution in [0, 0.1) is 35.0 Å². The van der Waals surface area contributed by atoms with E-state index in [1.165, 1.54) is 25.7 Å². The Kier molecular flexibility index (Phi) is 1.92. The highest BCUT2D eigenvalue weighted by Crippen LogP contribution is 2.70. The summed E-state index contributed by atoms with van der Waals surface area (Å²) in [5, 5.41) is 0. The Hall–Kier alpha value is -0.260. The molecule has 0 aromatic carbocycles. The number of allylic oxidation sites excluding steroid dienone is 1. The zero-order chi connectivity index (χ0) is 10.8. The molecule has 3 aliphatic carbocycles. The summed E-state index contributed by atoms with van der Waals surface area (Å²) in [5.41, 5.74) is 2.23. The first kappa shape index (κ1) is 9.93. The first-order chi connectivity index (χ1) is 7.03. The molecule has 3 fully saturated rings. The van der Waals surface area contributed by atoms with E-state index in [4.69, 9.17) is 0 Å². The van der Waals surface area contributed by atoms with Crippen LogP contribution in [0.2, 0.25) is 0 Å². The Bertz CT molecular complexity index is 299. The van der Waals surface area contributed by atoms with E-state index in [1.54, 1.807) is 5.57 Å². The Morgan fingerprint density at radius 2 is 1.87 bits per heavy atom. The van der Waals surface area contributed by atoms with Gasteiger partial charge in [-0.1, -0.05) is 32.9 Å². The second-order valence-electron chi connectivity index (χ2n) is 6.89. The van der Waals surface area contributed by atoms with E-state index in [2.05, 4.69) is 27.4 Å². The van der Waals surface area contributed by atoms with E-state index in [0.29, 0.717) is 5.41 Å². The van der Waals surface area contributed by atoms with Crippen LogP contribution in [0.1, 0.15) is 46.5 Å². The molecular formula is C15H24. The Balaban J connectivity index is 1.91. The zero-order valence-electron chi connectivity index (χ0n) is 10.4. The number of hydrogen-bond acceptors (Lipinski definition) is 0. The Morgan fingerprint density at radius 3 is 2.60 bits per heavy atom. The van der Waals surface area contributed by atoms with Gasteiger partial charge in [0.1, 0.15) is 0 Å². The van der Waals surface area contributed by atoms with Crippen molar-refractivity contribution in [1.29, 1.82) is 0 Å². The van der Waals surface area contributed by atoms with Crippen LogP contribution in [0.3, 0.4) is 0 Å². The highest BCUT2D eigenvalue weighted by Gasteiger charge is 2.64. The summed E-state index contributed by atoms with van der Waals surface area (Å²) in [7, 11) is 0. The lowest BCUT2D eigenvalue weighted by Crippen LogP contribution is -2.13. The van der Waals surface area contributed by atoms with E-state index in [1.807, 2.05) is 0 Å². The van der Waals surface area contributed by atoms with Crippen LogP contribution >= 0.6 is 0 Å². The second kappa shape index (κ2) is 2.90. The number of fused-ring (bicyclic) bond motifs is 3. The van der Waals surface area contributed by atoms with Crippen LogP contribution in [0.4, 0.5) is 0 Å². The third-order valence-electron chi connectivity index (χ3n) is 5.84. The molecule has 0 unspecified atom stereocenters. The molecule has 0 radical (unpaired) electrons. The molecule has 0 nitrogen and oxygen atoms in total. The van der Waals surface area contributed by atoms with Crippen LogP contribution in [0.5, 0.6) is 0 Å². The molecule has 0 aliphatic heterocycles. The molecule has 0 aromatic heterocycles. The number of rotatable bonds is 0. The molecule has 3 saturated carbocycles. The average Bonchev–Trinajstić information content (AvgIpc) is 2.61. The lowest BCUT2D eigenvalue weighted by atomic mass is 9.83. The highest BCUT2D eigenvalue weighted by atomic mass is 14.7. The fourth-order valence-electron chi connectivity index (χ4n) is 5.13. The van der Waals surface area contributed by atoms with Crippen molar-refractivity contribution in [2.24, 2.45) is 35.0 Å². The average molecular weight is 204 g/mol. The quantitative estimate of drug-likeness (QED) is 0.517. The molecule has 0 heterocycles. The van der Waals surface area contributed by atoms with Gasteiger partial charge in [0.25, 0.3) is 0 Å². The van der Waals surface area contributed by atoms with Crippen molar-refractivity contribution in [3.05, 3.63) is 12.2 Å². The summed E-state index contributed by atoms with van der Waals surface area (Å²) in [6, 6.07) is 0. The summed E-state index contributed by atoms with van der Waals surface area (Å²) in [6.45, 7) is 11.8. The van der Waals surface area contributed by atoms with Gasteiger partial charge >= 0.3 is 0 Å². The van der Waals surface area contributed by atoms with Crippen molar-refractivity contribution in [3.63, 3.8) is 0 Å². The molecule has 5 atom stereocenters. The summed E-state index contributed by atoms with van der Waals surface area (Å²) in [6.07, 6.45) is 5.66. The second-order valence-corrected chi connectivity index (χ2v) is 6.89. The lowest BCUT2D eigenvalue weighted by Gasteiger charge is -2.21. The molecular weight excluding hydrogens is 180 g/mol. The van der Waals surface area contributed by atoms with Crippen LogP contribution in [-0.4, -0.2) is 0 Å². The van der Waals surface area contributed by atoms with Gasteiger partial charge in [-0.15, -0.1) is 0 Å². The molecule has 0 saturated heterocycles. The fraction of sp³-hybridized carbons (Fsp3) is 0.867. The van der Waals surface area contributed by atoms with Crippen LogP contribution < -0.4 is 0 Å². The monoisotopic (exact) mass is 204 g/mol. The maximum absolute atomic E-state index is 4.31. The van der Waals surface area contributed by atoms with Crippen LogP contribution in [0.15, 0.2) is 12.2 Å². The molecule has 0 aromatic rings. The SMILES string of the molecule is C=C1CC[C@@H]2[C@H]3[C@H]([C@@H](C)CC[C@H]12)C3(C)C. The third-order valence-corrected chi connectivity index (χ3v) is 5.84. The van der Waals surface area contributed by atoms with Gasteiger partial charge in [-0.3, -0.25) is 0 Å². The first-order valence-corrected chi connectivity index (χ1v) is 6.71.